The summed E-state index contributed by atoms with van der Waals surface area (Å²) < 4.78 is 0. The highest BCUT2D eigenvalue weighted by Gasteiger charge is 2.27. The molecule has 2 atom stereocenters. The smallest absolute Gasteiger partial charge is 0.270 e. The summed E-state index contributed by atoms with van der Waals surface area (Å²) in [5.74, 6) is -0.943. The number of aromatic amines is 1. The number of aliphatic hydroxyl groups excluding tert-OH is 1. The fourth-order valence-electron chi connectivity index (χ4n) is 3.81. The van der Waals surface area contributed by atoms with Gasteiger partial charge in [-0.1, -0.05) is 62.4 Å². The molecule has 0 saturated carbocycles. The number of carbonyl (C=O) groups is 2. The van der Waals surface area contributed by atoms with Crippen LogP contribution < -0.4 is 10.6 Å². The zero-order valence-electron chi connectivity index (χ0n) is 18.0. The number of amides is 2. The summed E-state index contributed by atoms with van der Waals surface area (Å²) in [7, 11) is 0. The van der Waals surface area contributed by atoms with E-state index in [9.17, 15) is 14.7 Å². The predicted octanol–water partition coefficient (Wildman–Crippen LogP) is 3.32. The molecule has 0 aliphatic rings. The third-order valence-corrected chi connectivity index (χ3v) is 5.56. The van der Waals surface area contributed by atoms with Gasteiger partial charge in [-0.05, 0) is 23.6 Å². The molecule has 164 valence electrons. The molecule has 4 rings (SSSR count). The second-order valence-electron chi connectivity index (χ2n) is 8.14. The van der Waals surface area contributed by atoms with Crippen molar-refractivity contribution in [3.8, 4) is 0 Å². The van der Waals surface area contributed by atoms with Crippen molar-refractivity contribution in [2.24, 2.45) is 5.92 Å². The molecule has 32 heavy (non-hydrogen) atoms. The summed E-state index contributed by atoms with van der Waals surface area (Å²) in [5, 5.41) is 17.3. The molecule has 0 saturated heterocycles. The number of hydrogen-bond acceptors (Lipinski definition) is 4. The Hall–Kier alpha value is -3.71. The quantitative estimate of drug-likeness (QED) is 0.361. The monoisotopic (exact) mass is 430 g/mol. The summed E-state index contributed by atoms with van der Waals surface area (Å²) in [6.45, 7) is 3.47. The van der Waals surface area contributed by atoms with Gasteiger partial charge >= 0.3 is 0 Å². The Morgan fingerprint density at radius 2 is 1.69 bits per heavy atom. The van der Waals surface area contributed by atoms with Gasteiger partial charge in [0.2, 0.25) is 5.91 Å². The standard InChI is InChI=1S/C25H26N4O3/c1-15(2)23(25(32)28-22(14-30)16-8-4-3-5-9-16)29-24(31)20-12-18-17-10-6-7-11-19(17)27-21(18)13-26-20/h3-13,15,22-23,27,30H,14H2,1-2H3,(H,28,32)(H,29,31). The fraction of sp³-hybridized carbons (Fsp3) is 0.240. The van der Waals surface area contributed by atoms with E-state index in [1.807, 2.05) is 68.4 Å². The van der Waals surface area contributed by atoms with E-state index in [1.54, 1.807) is 12.3 Å². The van der Waals surface area contributed by atoms with Crippen molar-refractivity contribution < 1.29 is 14.7 Å². The van der Waals surface area contributed by atoms with Gasteiger partial charge in [0.15, 0.2) is 0 Å². The Kier molecular flexibility index (Phi) is 6.18. The van der Waals surface area contributed by atoms with Crippen molar-refractivity contribution in [3.63, 3.8) is 0 Å². The molecule has 0 fully saturated rings. The third kappa shape index (κ3) is 4.33. The number of carbonyl (C=O) groups excluding carboxylic acids is 2. The van der Waals surface area contributed by atoms with E-state index < -0.39 is 18.0 Å². The van der Waals surface area contributed by atoms with Gasteiger partial charge in [0.1, 0.15) is 11.7 Å². The number of pyridine rings is 1. The van der Waals surface area contributed by atoms with Crippen molar-refractivity contribution in [3.05, 3.63) is 78.1 Å². The fourth-order valence-corrected chi connectivity index (χ4v) is 3.81. The summed E-state index contributed by atoms with van der Waals surface area (Å²) >= 11 is 0. The average Bonchev–Trinajstić information content (AvgIpc) is 3.19. The van der Waals surface area contributed by atoms with Crippen LogP contribution in [0.4, 0.5) is 0 Å². The van der Waals surface area contributed by atoms with Gasteiger partial charge in [-0.2, -0.15) is 0 Å². The number of hydrogen-bond donors (Lipinski definition) is 4. The maximum Gasteiger partial charge on any atom is 0.270 e. The van der Waals surface area contributed by atoms with Crippen LogP contribution in [0.5, 0.6) is 0 Å². The maximum atomic E-state index is 13.0. The predicted molar refractivity (Wildman–Crippen MR) is 124 cm³/mol. The van der Waals surface area contributed by atoms with Crippen molar-refractivity contribution in [1.82, 2.24) is 20.6 Å². The number of aliphatic hydroxyl groups is 1. The normalized spacial score (nSPS) is 13.2. The van der Waals surface area contributed by atoms with Gasteiger partial charge in [-0.3, -0.25) is 9.59 Å². The third-order valence-electron chi connectivity index (χ3n) is 5.56. The molecule has 0 radical (unpaired) electrons. The largest absolute Gasteiger partial charge is 0.394 e. The molecule has 2 aromatic carbocycles. The minimum Gasteiger partial charge on any atom is -0.394 e. The van der Waals surface area contributed by atoms with E-state index in [0.29, 0.717) is 0 Å². The van der Waals surface area contributed by atoms with E-state index in [0.717, 1.165) is 27.4 Å². The topological polar surface area (TPSA) is 107 Å². The molecule has 2 heterocycles. The molecule has 2 amide bonds. The van der Waals surface area contributed by atoms with Gasteiger partial charge in [-0.25, -0.2) is 4.98 Å². The summed E-state index contributed by atoms with van der Waals surface area (Å²) in [6, 6.07) is 17.5. The van der Waals surface area contributed by atoms with Crippen molar-refractivity contribution >= 4 is 33.6 Å². The van der Waals surface area contributed by atoms with E-state index in [4.69, 9.17) is 0 Å². The zero-order chi connectivity index (χ0) is 22.7. The molecule has 0 aliphatic carbocycles. The van der Waals surface area contributed by atoms with Crippen LogP contribution >= 0.6 is 0 Å². The second-order valence-corrected chi connectivity index (χ2v) is 8.14. The van der Waals surface area contributed by atoms with Crippen molar-refractivity contribution in [1.29, 1.82) is 0 Å². The molecule has 7 nitrogen and oxygen atoms in total. The number of nitrogens with one attached hydrogen (secondary N) is 3. The highest BCUT2D eigenvalue weighted by molar-refractivity contribution is 6.09. The Morgan fingerprint density at radius 3 is 2.41 bits per heavy atom. The molecular weight excluding hydrogens is 404 g/mol. The van der Waals surface area contributed by atoms with Crippen LogP contribution in [0.15, 0.2) is 66.9 Å². The first-order chi connectivity index (χ1) is 15.5. The highest BCUT2D eigenvalue weighted by Crippen LogP contribution is 2.25. The van der Waals surface area contributed by atoms with E-state index in [2.05, 4.69) is 20.6 Å². The number of para-hydroxylation sites is 1. The minimum atomic E-state index is -0.777. The van der Waals surface area contributed by atoms with E-state index in [-0.39, 0.29) is 24.1 Å². The first-order valence-corrected chi connectivity index (χ1v) is 10.6. The lowest BCUT2D eigenvalue weighted by molar-refractivity contribution is -0.125. The van der Waals surface area contributed by atoms with Gasteiger partial charge in [0.05, 0.1) is 24.4 Å². The number of rotatable bonds is 7. The Balaban J connectivity index is 1.54. The summed E-state index contributed by atoms with van der Waals surface area (Å²) in [5.41, 5.74) is 2.85. The van der Waals surface area contributed by atoms with Crippen LogP contribution in [-0.4, -0.2) is 39.5 Å². The van der Waals surface area contributed by atoms with Crippen LogP contribution in [0, 0.1) is 5.92 Å². The number of nitrogens with zero attached hydrogens (tertiary/aromatic N) is 1. The molecule has 4 aromatic rings. The molecule has 4 N–H and O–H groups in total. The number of H-pyrrole nitrogens is 1. The molecule has 0 spiro atoms. The van der Waals surface area contributed by atoms with Crippen LogP contribution in [0.2, 0.25) is 0 Å². The average molecular weight is 431 g/mol. The number of aromatic nitrogens is 2. The minimum absolute atomic E-state index is 0.161. The zero-order valence-corrected chi connectivity index (χ0v) is 18.0. The Labute approximate surface area is 185 Å². The van der Waals surface area contributed by atoms with Crippen molar-refractivity contribution in [2.45, 2.75) is 25.9 Å². The SMILES string of the molecule is CC(C)C(NC(=O)c1cc2c(cn1)[nH]c1ccccc12)C(=O)NC(CO)c1ccccc1. The molecule has 0 aliphatic heterocycles. The molecular formula is C25H26N4O3. The molecule has 7 heteroatoms. The first-order valence-electron chi connectivity index (χ1n) is 10.6. The molecule has 2 unspecified atom stereocenters. The van der Waals surface area contributed by atoms with Crippen LogP contribution in [-0.2, 0) is 4.79 Å². The van der Waals surface area contributed by atoms with Crippen LogP contribution in [0.25, 0.3) is 21.8 Å². The van der Waals surface area contributed by atoms with E-state index >= 15 is 0 Å². The van der Waals surface area contributed by atoms with Gasteiger partial charge < -0.3 is 20.7 Å². The van der Waals surface area contributed by atoms with E-state index in [1.165, 1.54) is 0 Å². The lowest BCUT2D eigenvalue weighted by atomic mass is 10.0. The maximum absolute atomic E-state index is 13.0. The number of benzene rings is 2. The molecule has 2 aromatic heterocycles. The lowest BCUT2D eigenvalue weighted by Gasteiger charge is -2.25. The number of fused-ring (bicyclic) bond motifs is 3. The lowest BCUT2D eigenvalue weighted by Crippen LogP contribution is -2.51. The molecule has 0 bridgehead atoms. The Morgan fingerprint density at radius 1 is 0.969 bits per heavy atom. The van der Waals surface area contributed by atoms with Gasteiger partial charge in [-0.15, -0.1) is 0 Å². The first kappa shape index (κ1) is 21.5. The van der Waals surface area contributed by atoms with Crippen molar-refractivity contribution in [2.75, 3.05) is 6.61 Å². The van der Waals surface area contributed by atoms with Gasteiger partial charge in [0, 0.05) is 16.3 Å². The highest BCUT2D eigenvalue weighted by atomic mass is 16.3. The summed E-state index contributed by atoms with van der Waals surface area (Å²) in [4.78, 5) is 33.5. The van der Waals surface area contributed by atoms with Gasteiger partial charge in [0.25, 0.3) is 5.91 Å². The van der Waals surface area contributed by atoms with Crippen LogP contribution in [0.1, 0.15) is 35.9 Å². The van der Waals surface area contributed by atoms with Crippen LogP contribution in [0.3, 0.4) is 0 Å². The Bertz CT molecular complexity index is 1250. The summed E-state index contributed by atoms with van der Waals surface area (Å²) in [6.07, 6.45) is 1.63. The second kappa shape index (κ2) is 9.20.